The van der Waals surface area contributed by atoms with Crippen LogP contribution < -0.4 is 5.32 Å². The predicted molar refractivity (Wildman–Crippen MR) is 92.1 cm³/mol. The molecule has 26 heavy (non-hydrogen) atoms. The molecule has 0 heterocycles. The average Bonchev–Trinajstić information content (AvgIpc) is 2.63. The summed E-state index contributed by atoms with van der Waals surface area (Å²) in [6.45, 7) is 1.20. The van der Waals surface area contributed by atoms with Crippen LogP contribution >= 0.6 is 0 Å². The van der Waals surface area contributed by atoms with E-state index < -0.39 is 35.1 Å². The number of non-ortho nitro benzene ring substituents is 1. The Labute approximate surface area is 148 Å². The van der Waals surface area contributed by atoms with Crippen LogP contribution in [-0.4, -0.2) is 23.4 Å². The molecule has 0 radical (unpaired) electrons. The van der Waals surface area contributed by atoms with Crippen LogP contribution in [0.5, 0.6) is 0 Å². The van der Waals surface area contributed by atoms with Gasteiger partial charge in [0, 0.05) is 12.1 Å². The summed E-state index contributed by atoms with van der Waals surface area (Å²) in [7, 11) is 0. The molecule has 136 valence electrons. The van der Waals surface area contributed by atoms with Crippen molar-refractivity contribution in [3.63, 3.8) is 0 Å². The molecule has 0 aromatic heterocycles. The van der Waals surface area contributed by atoms with E-state index in [1.54, 1.807) is 24.3 Å². The first kappa shape index (κ1) is 19.0. The number of nitrogens with one attached hydrogen (secondary N) is 1. The number of hydrogen-bond donors (Lipinski definition) is 1. The van der Waals surface area contributed by atoms with Gasteiger partial charge in [-0.05, 0) is 18.1 Å². The molecule has 0 fully saturated rings. The van der Waals surface area contributed by atoms with Crippen molar-refractivity contribution in [1.82, 2.24) is 0 Å². The van der Waals surface area contributed by atoms with Crippen LogP contribution in [0.3, 0.4) is 0 Å². The Morgan fingerprint density at radius 2 is 1.92 bits per heavy atom. The van der Waals surface area contributed by atoms with Crippen molar-refractivity contribution in [1.29, 1.82) is 0 Å². The van der Waals surface area contributed by atoms with Gasteiger partial charge in [-0.1, -0.05) is 37.3 Å². The highest BCUT2D eigenvalue weighted by Gasteiger charge is 2.21. The standard InChI is InChI=1S/C18H17FN2O5/c1-2-14(12-6-4-3-5-7-12)18(23)26-11-17(22)20-16-10-13(21(24)25)8-9-15(16)19/h3-10,14H,2,11H2,1H3,(H,20,22)/t14-/m1/s1. The van der Waals surface area contributed by atoms with E-state index in [1.165, 1.54) is 0 Å². The van der Waals surface area contributed by atoms with Crippen LogP contribution in [-0.2, 0) is 14.3 Å². The van der Waals surface area contributed by atoms with E-state index in [0.29, 0.717) is 6.42 Å². The smallest absolute Gasteiger partial charge is 0.313 e. The second-order valence-corrected chi connectivity index (χ2v) is 5.45. The third kappa shape index (κ3) is 4.85. The van der Waals surface area contributed by atoms with Crippen LogP contribution in [0.2, 0.25) is 0 Å². The summed E-state index contributed by atoms with van der Waals surface area (Å²) in [4.78, 5) is 34.1. The first-order chi connectivity index (χ1) is 12.4. The van der Waals surface area contributed by atoms with Gasteiger partial charge in [-0.15, -0.1) is 0 Å². The van der Waals surface area contributed by atoms with Crippen molar-refractivity contribution in [2.24, 2.45) is 0 Å². The molecule has 1 atom stereocenters. The zero-order valence-corrected chi connectivity index (χ0v) is 14.0. The van der Waals surface area contributed by atoms with Crippen molar-refractivity contribution in [3.8, 4) is 0 Å². The Hall–Kier alpha value is -3.29. The molecule has 0 saturated heterocycles. The van der Waals surface area contributed by atoms with Crippen LogP contribution in [0.15, 0.2) is 48.5 Å². The number of anilines is 1. The van der Waals surface area contributed by atoms with Gasteiger partial charge in [0.25, 0.3) is 11.6 Å². The fourth-order valence-corrected chi connectivity index (χ4v) is 2.37. The fourth-order valence-electron chi connectivity index (χ4n) is 2.37. The number of benzene rings is 2. The molecule has 1 N–H and O–H groups in total. The summed E-state index contributed by atoms with van der Waals surface area (Å²) < 4.78 is 18.6. The van der Waals surface area contributed by atoms with Gasteiger partial charge in [0.15, 0.2) is 6.61 Å². The Bertz CT molecular complexity index is 810. The van der Waals surface area contributed by atoms with Crippen molar-refractivity contribution in [3.05, 3.63) is 70.0 Å². The number of ether oxygens (including phenoxy) is 1. The molecule has 7 nitrogen and oxygen atoms in total. The molecule has 0 spiro atoms. The number of esters is 1. The number of carbonyl (C=O) groups excluding carboxylic acids is 2. The topological polar surface area (TPSA) is 98.5 Å². The van der Waals surface area contributed by atoms with E-state index >= 15 is 0 Å². The van der Waals surface area contributed by atoms with Gasteiger partial charge in [0.05, 0.1) is 16.5 Å². The maximum Gasteiger partial charge on any atom is 0.313 e. The Morgan fingerprint density at radius 1 is 1.23 bits per heavy atom. The lowest BCUT2D eigenvalue weighted by atomic mass is 9.97. The molecule has 0 unspecified atom stereocenters. The number of halogens is 1. The fraction of sp³-hybridized carbons (Fsp3) is 0.222. The predicted octanol–water partition coefficient (Wildman–Crippen LogP) is 3.41. The molecule has 2 rings (SSSR count). The van der Waals surface area contributed by atoms with E-state index in [-0.39, 0.29) is 11.4 Å². The summed E-state index contributed by atoms with van der Waals surface area (Å²) in [5, 5.41) is 12.9. The zero-order valence-electron chi connectivity index (χ0n) is 14.0. The molecule has 0 bridgehead atoms. The second-order valence-electron chi connectivity index (χ2n) is 5.45. The quantitative estimate of drug-likeness (QED) is 0.463. The molecule has 0 aliphatic carbocycles. The molecule has 0 aliphatic heterocycles. The maximum absolute atomic E-state index is 13.7. The van der Waals surface area contributed by atoms with Gasteiger partial charge in [0.2, 0.25) is 0 Å². The highest BCUT2D eigenvalue weighted by molar-refractivity contribution is 5.93. The van der Waals surface area contributed by atoms with E-state index in [2.05, 4.69) is 5.32 Å². The van der Waals surface area contributed by atoms with Crippen LogP contribution in [0.1, 0.15) is 24.8 Å². The third-order valence-corrected chi connectivity index (χ3v) is 3.68. The van der Waals surface area contributed by atoms with Gasteiger partial charge in [-0.25, -0.2) is 4.39 Å². The lowest BCUT2D eigenvalue weighted by Crippen LogP contribution is -2.24. The Kier molecular flexibility index (Phi) is 6.37. The number of carbonyl (C=O) groups is 2. The van der Waals surface area contributed by atoms with E-state index in [4.69, 9.17) is 4.74 Å². The normalized spacial score (nSPS) is 11.5. The van der Waals surface area contributed by atoms with Gasteiger partial charge < -0.3 is 10.1 Å². The van der Waals surface area contributed by atoms with Crippen molar-refractivity contribution < 1.29 is 23.6 Å². The monoisotopic (exact) mass is 360 g/mol. The van der Waals surface area contributed by atoms with E-state index in [1.807, 2.05) is 13.0 Å². The minimum Gasteiger partial charge on any atom is -0.455 e. The lowest BCUT2D eigenvalue weighted by Gasteiger charge is -2.14. The molecule has 8 heteroatoms. The lowest BCUT2D eigenvalue weighted by molar-refractivity contribution is -0.384. The van der Waals surface area contributed by atoms with Crippen molar-refractivity contribution in [2.45, 2.75) is 19.3 Å². The Morgan fingerprint density at radius 3 is 2.54 bits per heavy atom. The van der Waals surface area contributed by atoms with Gasteiger partial charge in [-0.2, -0.15) is 0 Å². The SMILES string of the molecule is CC[C@@H](C(=O)OCC(=O)Nc1cc([N+](=O)[O-])ccc1F)c1ccccc1. The van der Waals surface area contributed by atoms with Crippen molar-refractivity contribution >= 4 is 23.3 Å². The number of hydrogen-bond acceptors (Lipinski definition) is 5. The van der Waals surface area contributed by atoms with E-state index in [0.717, 1.165) is 23.8 Å². The Balaban J connectivity index is 1.97. The second kappa shape index (κ2) is 8.70. The number of nitrogens with zero attached hydrogens (tertiary/aromatic N) is 1. The number of nitro groups is 1. The summed E-state index contributed by atoms with van der Waals surface area (Å²) in [5.74, 6) is -2.71. The molecule has 2 aromatic rings. The molecule has 1 amide bonds. The molecule has 2 aromatic carbocycles. The van der Waals surface area contributed by atoms with Gasteiger partial charge in [0.1, 0.15) is 5.82 Å². The summed E-state index contributed by atoms with van der Waals surface area (Å²) in [6, 6.07) is 11.7. The van der Waals surface area contributed by atoms with Crippen molar-refractivity contribution in [2.75, 3.05) is 11.9 Å². The highest BCUT2D eigenvalue weighted by atomic mass is 19.1. The third-order valence-electron chi connectivity index (χ3n) is 3.68. The maximum atomic E-state index is 13.7. The first-order valence-electron chi connectivity index (χ1n) is 7.87. The average molecular weight is 360 g/mol. The summed E-state index contributed by atoms with van der Waals surface area (Å²) in [6.07, 6.45) is 0.490. The number of amides is 1. The number of nitro benzene ring substituents is 1. The molecule has 0 saturated carbocycles. The molecule has 0 aliphatic rings. The van der Waals surface area contributed by atoms with E-state index in [9.17, 15) is 24.1 Å². The number of rotatable bonds is 7. The minimum atomic E-state index is -0.828. The highest BCUT2D eigenvalue weighted by Crippen LogP contribution is 2.22. The van der Waals surface area contributed by atoms with Crippen LogP contribution in [0.25, 0.3) is 0 Å². The van der Waals surface area contributed by atoms with Crippen LogP contribution in [0.4, 0.5) is 15.8 Å². The summed E-state index contributed by atoms with van der Waals surface area (Å²) in [5.41, 5.74) is 0.0503. The molecular formula is C18H17FN2O5. The van der Waals surface area contributed by atoms with Crippen LogP contribution in [0, 0.1) is 15.9 Å². The first-order valence-corrected chi connectivity index (χ1v) is 7.87. The zero-order chi connectivity index (χ0) is 19.1. The van der Waals surface area contributed by atoms with Gasteiger partial charge in [-0.3, -0.25) is 19.7 Å². The molecular weight excluding hydrogens is 343 g/mol. The summed E-state index contributed by atoms with van der Waals surface area (Å²) >= 11 is 0. The van der Waals surface area contributed by atoms with Gasteiger partial charge >= 0.3 is 5.97 Å². The minimum absolute atomic E-state index is 0.352. The largest absolute Gasteiger partial charge is 0.455 e.